The van der Waals surface area contributed by atoms with E-state index in [4.69, 9.17) is 9.72 Å². The zero-order valence-electron chi connectivity index (χ0n) is 19.8. The molecule has 4 rings (SSSR count). The van der Waals surface area contributed by atoms with E-state index in [0.29, 0.717) is 42.3 Å². The zero-order valence-corrected chi connectivity index (χ0v) is 19.8. The van der Waals surface area contributed by atoms with Crippen LogP contribution in [0.5, 0.6) is 0 Å². The Morgan fingerprint density at radius 3 is 2.67 bits per heavy atom. The predicted molar refractivity (Wildman–Crippen MR) is 126 cm³/mol. The fourth-order valence-corrected chi connectivity index (χ4v) is 4.32. The van der Waals surface area contributed by atoms with Gasteiger partial charge in [0.25, 0.3) is 0 Å². The van der Waals surface area contributed by atoms with Crippen molar-refractivity contribution >= 4 is 22.9 Å². The molecule has 10 heteroatoms. The molecule has 1 fully saturated rings. The Balaban J connectivity index is 1.62. The lowest BCUT2D eigenvalue weighted by Gasteiger charge is -2.26. The zero-order chi connectivity index (χ0) is 23.4. The van der Waals surface area contributed by atoms with Crippen molar-refractivity contribution in [1.29, 1.82) is 0 Å². The first-order valence-corrected chi connectivity index (χ1v) is 11.6. The number of nitrogens with zero attached hydrogens (tertiary/aromatic N) is 7. The van der Waals surface area contributed by atoms with Gasteiger partial charge in [0.15, 0.2) is 17.0 Å². The Hall–Kier alpha value is -3.14. The molecule has 0 bridgehead atoms. The molecule has 1 saturated heterocycles. The number of fused-ring (bicyclic) bond motifs is 1. The minimum Gasteiger partial charge on any atom is -0.381 e. The van der Waals surface area contributed by atoms with E-state index in [1.54, 1.807) is 19.5 Å². The number of carbonyl (C=O) groups excluding carboxylic acids is 1. The number of nitrogens with one attached hydrogen (secondary N) is 1. The van der Waals surface area contributed by atoms with Crippen molar-refractivity contribution in [1.82, 2.24) is 34.4 Å². The molecule has 10 nitrogen and oxygen atoms in total. The highest BCUT2D eigenvalue weighted by Gasteiger charge is 2.27. The number of likely N-dealkylation sites (tertiary alicyclic amines) is 1. The van der Waals surface area contributed by atoms with E-state index >= 15 is 0 Å². The van der Waals surface area contributed by atoms with Crippen LogP contribution < -0.4 is 5.32 Å². The number of anilines is 1. The summed E-state index contributed by atoms with van der Waals surface area (Å²) < 4.78 is 7.52. The minimum atomic E-state index is -0.389. The van der Waals surface area contributed by atoms with Gasteiger partial charge in [0.1, 0.15) is 24.0 Å². The molecule has 2 atom stereocenters. The summed E-state index contributed by atoms with van der Waals surface area (Å²) in [6, 6.07) is -0.389. The van der Waals surface area contributed by atoms with Gasteiger partial charge < -0.3 is 19.5 Å². The van der Waals surface area contributed by atoms with Crippen molar-refractivity contribution < 1.29 is 9.53 Å². The number of ether oxygens (including phenoxy) is 1. The van der Waals surface area contributed by atoms with Crippen LogP contribution in [0.2, 0.25) is 0 Å². The first-order chi connectivity index (χ1) is 16.0. The van der Waals surface area contributed by atoms with E-state index in [1.807, 2.05) is 30.2 Å². The maximum atomic E-state index is 13.3. The molecule has 1 aliphatic rings. The summed E-state index contributed by atoms with van der Waals surface area (Å²) in [4.78, 5) is 37.6. The second-order valence-electron chi connectivity index (χ2n) is 8.31. The summed E-state index contributed by atoms with van der Waals surface area (Å²) in [7, 11) is 1.74. The van der Waals surface area contributed by atoms with Crippen molar-refractivity contribution in [3.8, 4) is 11.4 Å². The van der Waals surface area contributed by atoms with E-state index in [9.17, 15) is 4.79 Å². The van der Waals surface area contributed by atoms with E-state index in [0.717, 1.165) is 37.2 Å². The second kappa shape index (κ2) is 10.2. The summed E-state index contributed by atoms with van der Waals surface area (Å²) in [5, 5.41) is 3.36. The predicted octanol–water partition coefficient (Wildman–Crippen LogP) is 2.83. The van der Waals surface area contributed by atoms with Crippen molar-refractivity contribution in [3.63, 3.8) is 0 Å². The number of amides is 1. The molecule has 1 aliphatic heterocycles. The number of methoxy groups -OCH3 is 1. The number of aromatic nitrogens is 6. The Kier molecular flexibility index (Phi) is 7.12. The molecule has 1 amide bonds. The van der Waals surface area contributed by atoms with E-state index in [-0.39, 0.29) is 18.1 Å². The van der Waals surface area contributed by atoms with Crippen LogP contribution in [-0.2, 0) is 16.1 Å². The number of aryl methyl sites for hydroxylation is 2. The van der Waals surface area contributed by atoms with Gasteiger partial charge >= 0.3 is 0 Å². The van der Waals surface area contributed by atoms with Gasteiger partial charge in [-0.05, 0) is 39.5 Å². The lowest BCUT2D eigenvalue weighted by Crippen LogP contribution is -2.43. The van der Waals surface area contributed by atoms with Crippen LogP contribution in [0.15, 0.2) is 18.7 Å². The highest BCUT2D eigenvalue weighted by atomic mass is 16.5. The van der Waals surface area contributed by atoms with Crippen LogP contribution in [0, 0.1) is 6.92 Å². The molecule has 3 aromatic rings. The van der Waals surface area contributed by atoms with Crippen LogP contribution >= 0.6 is 0 Å². The standard InChI is InChI=1S/C23H32N8O2/c1-5-18(23(32)30-10-7-8-17(33-4)9-11-30)28-20-19-22(27-14-26-20)31(6-2)21(29-19)16-12-24-15(3)25-13-16/h12-14,17-18H,5-11H2,1-4H3,(H,26,27,28)/t17-,18+/m0/s1. The first-order valence-electron chi connectivity index (χ1n) is 11.6. The topological polar surface area (TPSA) is 111 Å². The third kappa shape index (κ3) is 4.80. The van der Waals surface area contributed by atoms with E-state index < -0.39 is 0 Å². The molecule has 0 radical (unpaired) electrons. The molecule has 0 unspecified atom stereocenters. The molecule has 0 aliphatic carbocycles. The summed E-state index contributed by atoms with van der Waals surface area (Å²) in [5.41, 5.74) is 2.16. The van der Waals surface area contributed by atoms with Crippen LogP contribution in [0.3, 0.4) is 0 Å². The first kappa shape index (κ1) is 23.0. The minimum absolute atomic E-state index is 0.0862. The van der Waals surface area contributed by atoms with Gasteiger partial charge in [-0.15, -0.1) is 0 Å². The number of hydrogen-bond donors (Lipinski definition) is 1. The molecular weight excluding hydrogens is 420 g/mol. The second-order valence-corrected chi connectivity index (χ2v) is 8.31. The Morgan fingerprint density at radius 1 is 1.18 bits per heavy atom. The average Bonchev–Trinajstić information content (AvgIpc) is 3.05. The van der Waals surface area contributed by atoms with E-state index in [2.05, 4.69) is 25.3 Å². The molecule has 176 valence electrons. The van der Waals surface area contributed by atoms with Gasteiger partial charge in [0, 0.05) is 39.1 Å². The Labute approximate surface area is 193 Å². The molecule has 0 spiro atoms. The highest BCUT2D eigenvalue weighted by Crippen LogP contribution is 2.27. The Morgan fingerprint density at radius 2 is 1.97 bits per heavy atom. The van der Waals surface area contributed by atoms with Gasteiger partial charge in [0.05, 0.1) is 11.7 Å². The molecule has 0 aromatic carbocycles. The largest absolute Gasteiger partial charge is 0.381 e. The maximum absolute atomic E-state index is 13.3. The molecule has 3 aromatic heterocycles. The molecule has 0 saturated carbocycles. The van der Waals surface area contributed by atoms with Crippen molar-refractivity contribution in [3.05, 3.63) is 24.5 Å². The van der Waals surface area contributed by atoms with Gasteiger partial charge in [-0.2, -0.15) is 0 Å². The molecule has 4 heterocycles. The summed E-state index contributed by atoms with van der Waals surface area (Å²) >= 11 is 0. The molecular formula is C23H32N8O2. The van der Waals surface area contributed by atoms with Crippen LogP contribution in [0.1, 0.15) is 45.4 Å². The van der Waals surface area contributed by atoms with Crippen molar-refractivity contribution in [2.45, 2.75) is 65.1 Å². The monoisotopic (exact) mass is 452 g/mol. The third-order valence-electron chi connectivity index (χ3n) is 6.22. The fraction of sp³-hybridized carbons (Fsp3) is 0.565. The SMILES string of the molecule is CC[C@@H](Nc1ncnc2c1nc(-c1cnc(C)nc1)n2CC)C(=O)N1CCC[C@H](OC)CC1. The van der Waals surface area contributed by atoms with Crippen LogP contribution in [0.4, 0.5) is 5.82 Å². The van der Waals surface area contributed by atoms with Crippen LogP contribution in [0.25, 0.3) is 22.6 Å². The summed E-state index contributed by atoms with van der Waals surface area (Å²) in [6.07, 6.45) is 8.70. The van der Waals surface area contributed by atoms with Gasteiger partial charge in [-0.3, -0.25) is 4.79 Å². The lowest BCUT2D eigenvalue weighted by atomic mass is 10.2. The number of carbonyl (C=O) groups is 1. The lowest BCUT2D eigenvalue weighted by molar-refractivity contribution is -0.132. The van der Waals surface area contributed by atoms with Gasteiger partial charge in [-0.1, -0.05) is 6.92 Å². The number of imidazole rings is 1. The van der Waals surface area contributed by atoms with E-state index in [1.165, 1.54) is 6.33 Å². The molecule has 33 heavy (non-hydrogen) atoms. The van der Waals surface area contributed by atoms with Gasteiger partial charge in [0.2, 0.25) is 5.91 Å². The van der Waals surface area contributed by atoms with Gasteiger partial charge in [-0.25, -0.2) is 24.9 Å². The Bertz CT molecular complexity index is 1100. The number of hydrogen-bond acceptors (Lipinski definition) is 8. The number of rotatable bonds is 7. The summed E-state index contributed by atoms with van der Waals surface area (Å²) in [6.45, 7) is 8.03. The highest BCUT2D eigenvalue weighted by molar-refractivity contribution is 5.90. The normalized spacial score (nSPS) is 17.7. The van der Waals surface area contributed by atoms with Crippen molar-refractivity contribution in [2.75, 3.05) is 25.5 Å². The molecule has 1 N–H and O–H groups in total. The average molecular weight is 453 g/mol. The van der Waals surface area contributed by atoms with Crippen molar-refractivity contribution in [2.24, 2.45) is 0 Å². The fourth-order valence-electron chi connectivity index (χ4n) is 4.32. The quantitative estimate of drug-likeness (QED) is 0.583. The van der Waals surface area contributed by atoms with Crippen LogP contribution in [-0.4, -0.2) is 72.6 Å². The third-order valence-corrected chi connectivity index (χ3v) is 6.22. The summed E-state index contributed by atoms with van der Waals surface area (Å²) in [5.74, 6) is 2.08. The maximum Gasteiger partial charge on any atom is 0.245 e. The smallest absolute Gasteiger partial charge is 0.245 e.